The van der Waals surface area contributed by atoms with Crippen molar-refractivity contribution >= 4 is 0 Å². The van der Waals surface area contributed by atoms with Crippen LogP contribution in [-0.4, -0.2) is 11.7 Å². The Morgan fingerprint density at radius 2 is 2.00 bits per heavy atom. The van der Waals surface area contributed by atoms with E-state index in [4.69, 9.17) is 5.11 Å². The second-order valence-electron chi connectivity index (χ2n) is 3.20. The molecule has 1 N–H and O–H groups in total. The summed E-state index contributed by atoms with van der Waals surface area (Å²) in [7, 11) is 0. The van der Waals surface area contributed by atoms with Crippen molar-refractivity contribution in [1.82, 2.24) is 0 Å². The lowest BCUT2D eigenvalue weighted by atomic mass is 10.1. The third kappa shape index (κ3) is 7.72. The van der Waals surface area contributed by atoms with E-state index in [-0.39, 0.29) is 12.4 Å². The van der Waals surface area contributed by atoms with Gasteiger partial charge in [-0.3, -0.25) is 0 Å². The second-order valence-corrected chi connectivity index (χ2v) is 3.20. The third-order valence-corrected chi connectivity index (χ3v) is 1.89. The summed E-state index contributed by atoms with van der Waals surface area (Å²) < 4.78 is 12.7. The van der Waals surface area contributed by atoms with Crippen molar-refractivity contribution in [1.29, 1.82) is 0 Å². The smallest absolute Gasteiger partial charge is 0.118 e. The quantitative estimate of drug-likeness (QED) is 0.498. The van der Waals surface area contributed by atoms with Gasteiger partial charge in [-0.25, -0.2) is 4.39 Å². The first-order valence-corrected chi connectivity index (χ1v) is 4.80. The molecule has 0 spiro atoms. The molecule has 0 radical (unpaired) electrons. The molecule has 76 valence electrons. The summed E-state index contributed by atoms with van der Waals surface area (Å²) in [6.45, 7) is 3.87. The number of aliphatic hydroxyl groups is 1. The molecule has 0 rings (SSSR count). The number of halogens is 1. The average Bonchev–Trinajstić information content (AvgIpc) is 2.12. The first-order chi connectivity index (χ1) is 6.20. The van der Waals surface area contributed by atoms with Gasteiger partial charge in [0.1, 0.15) is 5.83 Å². The molecule has 0 aromatic rings. The van der Waals surface area contributed by atoms with E-state index in [9.17, 15) is 4.39 Å². The molecule has 0 unspecified atom stereocenters. The molecule has 0 aliphatic rings. The van der Waals surface area contributed by atoms with E-state index in [0.717, 1.165) is 31.3 Å². The van der Waals surface area contributed by atoms with Gasteiger partial charge in [-0.05, 0) is 39.2 Å². The molecule has 0 saturated carbocycles. The summed E-state index contributed by atoms with van der Waals surface area (Å²) in [6, 6.07) is 0. The van der Waals surface area contributed by atoms with Crippen molar-refractivity contribution < 1.29 is 9.50 Å². The number of aliphatic hydroxyl groups excluding tert-OH is 1. The highest BCUT2D eigenvalue weighted by atomic mass is 19.1. The maximum absolute atomic E-state index is 12.7. The fraction of sp³-hybridized carbons (Fsp3) is 0.636. The van der Waals surface area contributed by atoms with E-state index in [1.165, 1.54) is 6.08 Å². The molecule has 0 fully saturated rings. The van der Waals surface area contributed by atoms with Crippen LogP contribution in [0.5, 0.6) is 0 Å². The lowest BCUT2D eigenvalue weighted by Crippen LogP contribution is -1.84. The Bertz CT molecular complexity index is 183. The largest absolute Gasteiger partial charge is 0.396 e. The topological polar surface area (TPSA) is 20.2 Å². The standard InChI is InChI=1S/C11H19FO/c1-3-11(12)9-10(2)7-5-4-6-8-13/h3,9,13H,4-8H2,1-2H3/b10-9+,11-3+. The van der Waals surface area contributed by atoms with Crippen molar-refractivity contribution in [2.45, 2.75) is 39.5 Å². The van der Waals surface area contributed by atoms with E-state index < -0.39 is 0 Å². The van der Waals surface area contributed by atoms with Crippen LogP contribution in [0.2, 0.25) is 0 Å². The molecule has 0 saturated heterocycles. The van der Waals surface area contributed by atoms with Crippen LogP contribution in [0.15, 0.2) is 23.6 Å². The predicted molar refractivity (Wildman–Crippen MR) is 54.2 cm³/mol. The minimum Gasteiger partial charge on any atom is -0.396 e. The van der Waals surface area contributed by atoms with Crippen LogP contribution in [0.1, 0.15) is 39.5 Å². The molecular weight excluding hydrogens is 167 g/mol. The van der Waals surface area contributed by atoms with Gasteiger partial charge >= 0.3 is 0 Å². The lowest BCUT2D eigenvalue weighted by Gasteiger charge is -1.99. The van der Waals surface area contributed by atoms with E-state index >= 15 is 0 Å². The van der Waals surface area contributed by atoms with Gasteiger partial charge in [-0.15, -0.1) is 0 Å². The first-order valence-electron chi connectivity index (χ1n) is 4.80. The fourth-order valence-corrected chi connectivity index (χ4v) is 1.08. The Morgan fingerprint density at radius 3 is 2.54 bits per heavy atom. The van der Waals surface area contributed by atoms with Gasteiger partial charge in [0.05, 0.1) is 0 Å². The summed E-state index contributed by atoms with van der Waals surface area (Å²) in [4.78, 5) is 0. The summed E-state index contributed by atoms with van der Waals surface area (Å²) in [5.41, 5.74) is 1.06. The fourth-order valence-electron chi connectivity index (χ4n) is 1.08. The molecule has 1 nitrogen and oxygen atoms in total. The molecule has 0 bridgehead atoms. The van der Waals surface area contributed by atoms with Crippen LogP contribution < -0.4 is 0 Å². The summed E-state index contributed by atoms with van der Waals surface area (Å²) in [5.74, 6) is -0.167. The van der Waals surface area contributed by atoms with Gasteiger partial charge in [-0.2, -0.15) is 0 Å². The molecule has 0 aliphatic carbocycles. The molecule has 0 aliphatic heterocycles. The zero-order chi connectivity index (χ0) is 10.1. The SMILES string of the molecule is C/C=C(F)\C=C(/C)CCCCCO. The van der Waals surface area contributed by atoms with E-state index in [1.54, 1.807) is 13.0 Å². The summed E-state index contributed by atoms with van der Waals surface area (Å²) >= 11 is 0. The van der Waals surface area contributed by atoms with Gasteiger partial charge < -0.3 is 5.11 Å². The van der Waals surface area contributed by atoms with Gasteiger partial charge in [0.15, 0.2) is 0 Å². The van der Waals surface area contributed by atoms with Crippen LogP contribution in [0.25, 0.3) is 0 Å². The monoisotopic (exact) mass is 186 g/mol. The Morgan fingerprint density at radius 1 is 1.31 bits per heavy atom. The van der Waals surface area contributed by atoms with Crippen molar-refractivity contribution in [3.63, 3.8) is 0 Å². The van der Waals surface area contributed by atoms with Gasteiger partial charge in [0.2, 0.25) is 0 Å². The molecule has 0 aromatic heterocycles. The minimum atomic E-state index is -0.167. The van der Waals surface area contributed by atoms with Crippen molar-refractivity contribution in [3.8, 4) is 0 Å². The zero-order valence-corrected chi connectivity index (χ0v) is 8.52. The molecule has 0 heterocycles. The lowest BCUT2D eigenvalue weighted by molar-refractivity contribution is 0.283. The van der Waals surface area contributed by atoms with Crippen LogP contribution in [-0.2, 0) is 0 Å². The Kier molecular flexibility index (Phi) is 7.60. The average molecular weight is 186 g/mol. The third-order valence-electron chi connectivity index (χ3n) is 1.89. The normalized spacial score (nSPS) is 13.5. The predicted octanol–water partition coefficient (Wildman–Crippen LogP) is 3.36. The van der Waals surface area contributed by atoms with Crippen molar-refractivity contribution in [2.24, 2.45) is 0 Å². The highest BCUT2D eigenvalue weighted by Crippen LogP contribution is 2.11. The van der Waals surface area contributed by atoms with Gasteiger partial charge in [-0.1, -0.05) is 18.1 Å². The van der Waals surface area contributed by atoms with Crippen molar-refractivity contribution in [3.05, 3.63) is 23.6 Å². The highest BCUT2D eigenvalue weighted by molar-refractivity contribution is 5.15. The van der Waals surface area contributed by atoms with E-state index in [2.05, 4.69) is 0 Å². The first kappa shape index (κ1) is 12.4. The number of hydrogen-bond donors (Lipinski definition) is 1. The van der Waals surface area contributed by atoms with Crippen LogP contribution in [0.3, 0.4) is 0 Å². The highest BCUT2D eigenvalue weighted by Gasteiger charge is 1.93. The Labute approximate surface area is 80.0 Å². The number of hydrogen-bond acceptors (Lipinski definition) is 1. The van der Waals surface area contributed by atoms with Crippen LogP contribution in [0, 0.1) is 0 Å². The molecule has 0 aromatic carbocycles. The Balaban J connectivity index is 3.61. The second kappa shape index (κ2) is 7.99. The number of allylic oxidation sites excluding steroid dienone is 4. The Hall–Kier alpha value is -0.630. The molecular formula is C11H19FO. The van der Waals surface area contributed by atoms with Crippen LogP contribution in [0.4, 0.5) is 4.39 Å². The maximum atomic E-state index is 12.7. The van der Waals surface area contributed by atoms with E-state index in [1.807, 2.05) is 6.92 Å². The summed E-state index contributed by atoms with van der Waals surface area (Å²) in [6.07, 6.45) is 6.83. The maximum Gasteiger partial charge on any atom is 0.118 e. The minimum absolute atomic E-state index is 0.167. The molecule has 2 heteroatoms. The van der Waals surface area contributed by atoms with Crippen LogP contribution >= 0.6 is 0 Å². The van der Waals surface area contributed by atoms with Gasteiger partial charge in [0.25, 0.3) is 0 Å². The summed E-state index contributed by atoms with van der Waals surface area (Å²) in [5, 5.41) is 8.53. The number of rotatable bonds is 6. The van der Waals surface area contributed by atoms with Gasteiger partial charge in [0, 0.05) is 6.61 Å². The van der Waals surface area contributed by atoms with E-state index in [0.29, 0.717) is 0 Å². The molecule has 13 heavy (non-hydrogen) atoms. The molecule has 0 amide bonds. The van der Waals surface area contributed by atoms with Crippen molar-refractivity contribution in [2.75, 3.05) is 6.61 Å². The number of unbranched alkanes of at least 4 members (excludes halogenated alkanes) is 2. The zero-order valence-electron chi connectivity index (χ0n) is 8.52. The molecule has 0 atom stereocenters.